The lowest BCUT2D eigenvalue weighted by Gasteiger charge is -2.18. The quantitative estimate of drug-likeness (QED) is 0.178. The fourth-order valence-corrected chi connectivity index (χ4v) is 2.84. The van der Waals surface area contributed by atoms with Crippen LogP contribution >= 0.6 is 0 Å². The van der Waals surface area contributed by atoms with E-state index in [-0.39, 0.29) is 29.8 Å². The van der Waals surface area contributed by atoms with E-state index < -0.39 is 0 Å². The molecule has 0 aliphatic carbocycles. The van der Waals surface area contributed by atoms with E-state index in [9.17, 15) is 9.59 Å². The Bertz CT molecular complexity index is 868. The highest BCUT2D eigenvalue weighted by atomic mass is 17.1. The second-order valence-electron chi connectivity index (χ2n) is 6.17. The Labute approximate surface area is 156 Å². The lowest BCUT2D eigenvalue weighted by Crippen LogP contribution is -2.32. The van der Waals surface area contributed by atoms with E-state index >= 15 is 0 Å². The molecule has 0 spiro atoms. The van der Waals surface area contributed by atoms with E-state index in [1.165, 1.54) is 11.9 Å². The summed E-state index contributed by atoms with van der Waals surface area (Å²) < 4.78 is 0. The number of benzene rings is 2. The number of likely N-dealkylation sites (N-methyl/N-ethyl adjacent to an activating group) is 1. The highest BCUT2D eigenvalue weighted by Crippen LogP contribution is 2.22. The van der Waals surface area contributed by atoms with Gasteiger partial charge in [0.2, 0.25) is 0 Å². The number of rotatable bonds is 6. The lowest BCUT2D eigenvalue weighted by atomic mass is 9.98. The van der Waals surface area contributed by atoms with E-state index in [0.717, 1.165) is 0 Å². The summed E-state index contributed by atoms with van der Waals surface area (Å²) in [7, 11) is 1.54. The van der Waals surface area contributed by atoms with Gasteiger partial charge in [-0.25, -0.2) is 5.26 Å². The first-order valence-corrected chi connectivity index (χ1v) is 8.07. The van der Waals surface area contributed by atoms with Gasteiger partial charge in [-0.15, -0.1) is 0 Å². The van der Waals surface area contributed by atoms with Crippen molar-refractivity contribution >= 4 is 17.5 Å². The summed E-state index contributed by atoms with van der Waals surface area (Å²) in [6, 6.07) is 9.29. The van der Waals surface area contributed by atoms with Gasteiger partial charge in [0.15, 0.2) is 17.4 Å². The molecule has 0 saturated heterocycles. The number of hydrogen-bond donors (Lipinski definition) is 3. The Morgan fingerprint density at radius 3 is 2.11 bits per heavy atom. The van der Waals surface area contributed by atoms with Crippen molar-refractivity contribution in [3.63, 3.8) is 0 Å². The number of nitrogens with zero attached hydrogens (tertiary/aromatic N) is 2. The average molecular weight is 371 g/mol. The largest absolute Gasteiger partial charge is 0.409 e. The van der Waals surface area contributed by atoms with Gasteiger partial charge in [0.25, 0.3) is 5.91 Å². The highest BCUT2D eigenvalue weighted by Gasteiger charge is 2.19. The van der Waals surface area contributed by atoms with Crippen LogP contribution in [-0.4, -0.2) is 46.5 Å². The van der Waals surface area contributed by atoms with Crippen molar-refractivity contribution in [2.24, 2.45) is 10.9 Å². The number of amides is 1. The van der Waals surface area contributed by atoms with Crippen molar-refractivity contribution in [2.75, 3.05) is 13.6 Å². The van der Waals surface area contributed by atoms with Gasteiger partial charge in [-0.2, -0.15) is 0 Å². The van der Waals surface area contributed by atoms with E-state index in [0.29, 0.717) is 27.8 Å². The summed E-state index contributed by atoms with van der Waals surface area (Å²) in [6.07, 6.45) is 0. The molecule has 0 unspecified atom stereocenters. The summed E-state index contributed by atoms with van der Waals surface area (Å²) >= 11 is 0. The van der Waals surface area contributed by atoms with Crippen LogP contribution in [0.15, 0.2) is 41.6 Å². The molecule has 0 radical (unpaired) electrons. The summed E-state index contributed by atoms with van der Waals surface area (Å²) in [4.78, 5) is 30.7. The fraction of sp³-hybridized carbons (Fsp3) is 0.211. The monoisotopic (exact) mass is 371 g/mol. The van der Waals surface area contributed by atoms with E-state index in [4.69, 9.17) is 16.2 Å². The Balaban J connectivity index is 2.16. The van der Waals surface area contributed by atoms with Gasteiger partial charge in [-0.3, -0.25) is 9.59 Å². The van der Waals surface area contributed by atoms with Gasteiger partial charge in [-0.05, 0) is 49.2 Å². The zero-order valence-electron chi connectivity index (χ0n) is 15.3. The van der Waals surface area contributed by atoms with Crippen LogP contribution in [0, 0.1) is 13.8 Å². The van der Waals surface area contributed by atoms with Crippen LogP contribution in [0.4, 0.5) is 0 Å². The predicted octanol–water partition coefficient (Wildman–Crippen LogP) is 2.20. The number of amidine groups is 1. The molecule has 2 aromatic carbocycles. The number of oxime groups is 1. The number of carbonyl (C=O) groups is 2. The van der Waals surface area contributed by atoms with Crippen LogP contribution < -0.4 is 10.6 Å². The average Bonchev–Trinajstić information content (AvgIpc) is 2.66. The normalized spacial score (nSPS) is 11.2. The third kappa shape index (κ3) is 4.42. The predicted molar refractivity (Wildman–Crippen MR) is 99.4 cm³/mol. The number of carbonyl (C=O) groups excluding carboxylic acids is 2. The molecule has 0 atom stereocenters. The van der Waals surface area contributed by atoms with E-state index in [1.807, 2.05) is 0 Å². The fourth-order valence-electron chi connectivity index (χ4n) is 2.84. The Kier molecular flexibility index (Phi) is 6.15. The van der Waals surface area contributed by atoms with Crippen molar-refractivity contribution in [1.82, 2.24) is 4.90 Å². The number of Topliss-reactive ketones (excluding diaryl/α,β-unsaturated/α-hetero) is 1. The first kappa shape index (κ1) is 19.9. The van der Waals surface area contributed by atoms with Gasteiger partial charge in [-0.1, -0.05) is 17.3 Å². The van der Waals surface area contributed by atoms with Crippen LogP contribution in [0.25, 0.3) is 0 Å². The molecule has 0 saturated carbocycles. The zero-order valence-corrected chi connectivity index (χ0v) is 15.3. The molecule has 0 heterocycles. The molecular formula is C19H21N3O5. The number of nitrogens with two attached hydrogens (primary N) is 1. The summed E-state index contributed by atoms with van der Waals surface area (Å²) in [5.74, 6) is -0.366. The minimum Gasteiger partial charge on any atom is -0.409 e. The molecule has 8 nitrogen and oxygen atoms in total. The smallest absolute Gasteiger partial charge is 0.254 e. The molecule has 0 aliphatic rings. The van der Waals surface area contributed by atoms with Crippen molar-refractivity contribution < 1.29 is 24.9 Å². The second-order valence-corrected chi connectivity index (χ2v) is 6.17. The number of hydrogen-bond acceptors (Lipinski definition) is 6. The zero-order chi connectivity index (χ0) is 20.1. The first-order chi connectivity index (χ1) is 12.8. The molecule has 0 aromatic heterocycles. The molecule has 27 heavy (non-hydrogen) atoms. The van der Waals surface area contributed by atoms with Crippen LogP contribution in [0.2, 0.25) is 0 Å². The molecule has 0 aliphatic heterocycles. The molecule has 0 bridgehead atoms. The van der Waals surface area contributed by atoms with Crippen molar-refractivity contribution in [3.8, 4) is 5.75 Å². The van der Waals surface area contributed by atoms with Gasteiger partial charge < -0.3 is 20.7 Å². The third-order valence-electron chi connectivity index (χ3n) is 4.15. The number of aryl methyl sites for hydroxylation is 2. The molecule has 142 valence electrons. The third-order valence-corrected chi connectivity index (χ3v) is 4.15. The molecule has 0 fully saturated rings. The van der Waals surface area contributed by atoms with E-state index in [1.54, 1.807) is 50.2 Å². The Morgan fingerprint density at radius 1 is 1.11 bits per heavy atom. The second kappa shape index (κ2) is 8.33. The van der Waals surface area contributed by atoms with Gasteiger partial charge >= 0.3 is 0 Å². The molecule has 1 amide bonds. The van der Waals surface area contributed by atoms with Crippen molar-refractivity contribution in [3.05, 3.63) is 64.2 Å². The lowest BCUT2D eigenvalue weighted by molar-refractivity contribution is -0.137. The van der Waals surface area contributed by atoms with Gasteiger partial charge in [0.05, 0.1) is 6.54 Å². The maximum absolute atomic E-state index is 12.7. The van der Waals surface area contributed by atoms with E-state index in [2.05, 4.69) is 10.0 Å². The van der Waals surface area contributed by atoms with Crippen LogP contribution in [0.3, 0.4) is 0 Å². The summed E-state index contributed by atoms with van der Waals surface area (Å²) in [5.41, 5.74) is 8.12. The van der Waals surface area contributed by atoms with Gasteiger partial charge in [0.1, 0.15) is 0 Å². The topological polar surface area (TPSA) is 125 Å². The Morgan fingerprint density at radius 2 is 1.63 bits per heavy atom. The SMILES string of the molecule is Cc1cc(OO)cc(C)c1C(=O)CN(C)C(=O)c1ccc(C(N)=NO)cc1. The van der Waals surface area contributed by atoms with Crippen LogP contribution in [-0.2, 0) is 0 Å². The maximum atomic E-state index is 12.7. The first-order valence-electron chi connectivity index (χ1n) is 8.07. The van der Waals surface area contributed by atoms with Crippen LogP contribution in [0.5, 0.6) is 5.75 Å². The van der Waals surface area contributed by atoms with Crippen molar-refractivity contribution in [1.29, 1.82) is 0 Å². The maximum Gasteiger partial charge on any atom is 0.254 e. The molecule has 4 N–H and O–H groups in total. The minimum absolute atomic E-state index is 0.0567. The molecule has 8 heteroatoms. The van der Waals surface area contributed by atoms with Gasteiger partial charge in [0, 0.05) is 23.7 Å². The van der Waals surface area contributed by atoms with Crippen LogP contribution in [0.1, 0.15) is 37.4 Å². The molecule has 2 rings (SSSR count). The standard InChI is InChI=1S/C19H21N3O5/c1-11-8-15(27-26)9-12(2)17(11)16(23)10-22(3)19(24)14-6-4-13(5-7-14)18(20)21-25/h4-9,25-26H,10H2,1-3H3,(H2,20,21). The minimum atomic E-state index is -0.333. The number of ketones is 1. The Hall–Kier alpha value is -3.39. The molecular weight excluding hydrogens is 350 g/mol. The van der Waals surface area contributed by atoms with Crippen molar-refractivity contribution in [2.45, 2.75) is 13.8 Å². The summed E-state index contributed by atoms with van der Waals surface area (Å²) in [5, 5.41) is 20.3. The molecule has 2 aromatic rings. The highest BCUT2D eigenvalue weighted by molar-refractivity contribution is 6.04. The summed E-state index contributed by atoms with van der Waals surface area (Å²) in [6.45, 7) is 3.36.